The van der Waals surface area contributed by atoms with Crippen LogP contribution in [0.25, 0.3) is 0 Å². The molecule has 0 radical (unpaired) electrons. The molecule has 1 rings (SSSR count). The Morgan fingerprint density at radius 2 is 1.76 bits per heavy atom. The second kappa shape index (κ2) is 6.42. The molecule has 0 saturated heterocycles. The summed E-state index contributed by atoms with van der Waals surface area (Å²) in [6, 6.07) is 8.86. The molecule has 0 aliphatic rings. The lowest BCUT2D eigenvalue weighted by atomic mass is 9.87. The second-order valence-corrected chi connectivity index (χ2v) is 6.15. The van der Waals surface area contributed by atoms with Crippen LogP contribution in [0.5, 0.6) is 0 Å². The minimum Gasteiger partial charge on any atom is -0.312 e. The Kier molecular flexibility index (Phi) is 5.48. The standard InChI is InChI=1S/C15H24ClN/c1-12(9-16)10-17-11-13-5-7-14(8-6-13)15(2,3)4/h5-8,12,17H,9-11H2,1-4H3. The summed E-state index contributed by atoms with van der Waals surface area (Å²) in [5.74, 6) is 1.25. The topological polar surface area (TPSA) is 12.0 Å². The summed E-state index contributed by atoms with van der Waals surface area (Å²) < 4.78 is 0. The van der Waals surface area contributed by atoms with E-state index in [0.717, 1.165) is 19.0 Å². The maximum Gasteiger partial charge on any atom is 0.0261 e. The molecule has 0 aliphatic heterocycles. The number of hydrogen-bond donors (Lipinski definition) is 1. The molecule has 1 aromatic carbocycles. The molecule has 1 unspecified atom stereocenters. The quantitative estimate of drug-likeness (QED) is 0.784. The third kappa shape index (κ3) is 5.10. The van der Waals surface area contributed by atoms with Crippen LogP contribution in [-0.4, -0.2) is 12.4 Å². The first-order valence-electron chi connectivity index (χ1n) is 6.29. The van der Waals surface area contributed by atoms with Crippen molar-refractivity contribution in [1.82, 2.24) is 5.32 Å². The predicted molar refractivity (Wildman–Crippen MR) is 76.7 cm³/mol. The van der Waals surface area contributed by atoms with Gasteiger partial charge in [0.25, 0.3) is 0 Å². The molecule has 0 spiro atoms. The molecule has 96 valence electrons. The van der Waals surface area contributed by atoms with Crippen molar-refractivity contribution in [3.8, 4) is 0 Å². The number of halogens is 1. The maximum absolute atomic E-state index is 5.76. The predicted octanol–water partition coefficient (Wildman–Crippen LogP) is 3.95. The summed E-state index contributed by atoms with van der Waals surface area (Å²) in [5.41, 5.74) is 2.95. The van der Waals surface area contributed by atoms with Gasteiger partial charge in [0.15, 0.2) is 0 Å². The molecule has 0 amide bonds. The fourth-order valence-corrected chi connectivity index (χ4v) is 1.75. The molecular weight excluding hydrogens is 230 g/mol. The van der Waals surface area contributed by atoms with Crippen molar-refractivity contribution in [3.63, 3.8) is 0 Å². The van der Waals surface area contributed by atoms with Crippen LogP contribution in [0.15, 0.2) is 24.3 Å². The molecule has 2 heteroatoms. The van der Waals surface area contributed by atoms with Crippen LogP contribution in [0.3, 0.4) is 0 Å². The van der Waals surface area contributed by atoms with Crippen molar-refractivity contribution in [2.24, 2.45) is 5.92 Å². The molecule has 0 aliphatic carbocycles. The normalized spacial score (nSPS) is 13.7. The third-order valence-electron chi connectivity index (χ3n) is 2.91. The van der Waals surface area contributed by atoms with E-state index < -0.39 is 0 Å². The Morgan fingerprint density at radius 3 is 2.24 bits per heavy atom. The van der Waals surface area contributed by atoms with Gasteiger partial charge < -0.3 is 5.32 Å². The van der Waals surface area contributed by atoms with Gasteiger partial charge in [0.2, 0.25) is 0 Å². The van der Waals surface area contributed by atoms with E-state index in [9.17, 15) is 0 Å². The molecule has 17 heavy (non-hydrogen) atoms. The van der Waals surface area contributed by atoms with Crippen LogP contribution in [0.1, 0.15) is 38.8 Å². The first kappa shape index (κ1) is 14.5. The first-order valence-corrected chi connectivity index (χ1v) is 6.83. The van der Waals surface area contributed by atoms with Gasteiger partial charge in [-0.1, -0.05) is 52.0 Å². The highest BCUT2D eigenvalue weighted by atomic mass is 35.5. The highest BCUT2D eigenvalue weighted by Gasteiger charge is 2.12. The van der Waals surface area contributed by atoms with E-state index in [1.54, 1.807) is 0 Å². The van der Waals surface area contributed by atoms with E-state index in [1.807, 2.05) is 0 Å². The Labute approximate surface area is 111 Å². The van der Waals surface area contributed by atoms with Gasteiger partial charge in [-0.15, -0.1) is 11.6 Å². The summed E-state index contributed by atoms with van der Waals surface area (Å²) in [7, 11) is 0. The molecule has 0 heterocycles. The van der Waals surface area contributed by atoms with Gasteiger partial charge >= 0.3 is 0 Å². The van der Waals surface area contributed by atoms with Crippen LogP contribution in [0, 0.1) is 5.92 Å². The molecule has 0 fully saturated rings. The Bertz CT molecular complexity index is 324. The largest absolute Gasteiger partial charge is 0.312 e. The summed E-state index contributed by atoms with van der Waals surface area (Å²) in [6.07, 6.45) is 0. The van der Waals surface area contributed by atoms with Crippen LogP contribution >= 0.6 is 11.6 Å². The fourth-order valence-electron chi connectivity index (χ4n) is 1.64. The Morgan fingerprint density at radius 1 is 1.18 bits per heavy atom. The van der Waals surface area contributed by atoms with Gasteiger partial charge in [0.1, 0.15) is 0 Å². The summed E-state index contributed by atoms with van der Waals surface area (Å²) in [6.45, 7) is 10.8. The van der Waals surface area contributed by atoms with Crippen LogP contribution in [0.4, 0.5) is 0 Å². The van der Waals surface area contributed by atoms with E-state index in [2.05, 4.69) is 57.3 Å². The zero-order valence-corrected chi connectivity index (χ0v) is 12.1. The first-order chi connectivity index (χ1) is 7.93. The van der Waals surface area contributed by atoms with E-state index >= 15 is 0 Å². The summed E-state index contributed by atoms with van der Waals surface area (Å²) in [4.78, 5) is 0. The SMILES string of the molecule is CC(CCl)CNCc1ccc(C(C)(C)C)cc1. The average Bonchev–Trinajstić information content (AvgIpc) is 2.28. The second-order valence-electron chi connectivity index (χ2n) is 5.84. The molecule has 1 N–H and O–H groups in total. The summed E-state index contributed by atoms with van der Waals surface area (Å²) >= 11 is 5.76. The number of rotatable bonds is 5. The molecule has 1 nitrogen and oxygen atoms in total. The molecule has 0 aromatic heterocycles. The van der Waals surface area contributed by atoms with Gasteiger partial charge in [0, 0.05) is 12.4 Å². The zero-order chi connectivity index (χ0) is 12.9. The van der Waals surface area contributed by atoms with E-state index in [-0.39, 0.29) is 5.41 Å². The molecule has 0 bridgehead atoms. The fraction of sp³-hybridized carbons (Fsp3) is 0.600. The van der Waals surface area contributed by atoms with Crippen molar-refractivity contribution in [2.45, 2.75) is 39.7 Å². The lowest BCUT2D eigenvalue weighted by Gasteiger charge is -2.19. The van der Waals surface area contributed by atoms with Crippen molar-refractivity contribution in [2.75, 3.05) is 12.4 Å². The van der Waals surface area contributed by atoms with Crippen molar-refractivity contribution < 1.29 is 0 Å². The van der Waals surface area contributed by atoms with Crippen molar-refractivity contribution in [1.29, 1.82) is 0 Å². The lowest BCUT2D eigenvalue weighted by Crippen LogP contribution is -2.21. The van der Waals surface area contributed by atoms with Gasteiger partial charge in [-0.25, -0.2) is 0 Å². The number of hydrogen-bond acceptors (Lipinski definition) is 1. The minimum absolute atomic E-state index is 0.235. The van der Waals surface area contributed by atoms with Gasteiger partial charge in [-0.05, 0) is 29.0 Å². The highest BCUT2D eigenvalue weighted by Crippen LogP contribution is 2.22. The molecular formula is C15H24ClN. The highest BCUT2D eigenvalue weighted by molar-refractivity contribution is 6.18. The van der Waals surface area contributed by atoms with Crippen molar-refractivity contribution in [3.05, 3.63) is 35.4 Å². The lowest BCUT2D eigenvalue weighted by molar-refractivity contribution is 0.556. The molecule has 1 atom stereocenters. The average molecular weight is 254 g/mol. The Hall–Kier alpha value is -0.530. The van der Waals surface area contributed by atoms with Gasteiger partial charge in [-0.3, -0.25) is 0 Å². The molecule has 0 saturated carbocycles. The summed E-state index contributed by atoms with van der Waals surface area (Å²) in [5, 5.41) is 3.43. The van der Waals surface area contributed by atoms with Crippen LogP contribution in [0.2, 0.25) is 0 Å². The van der Waals surface area contributed by atoms with E-state index in [0.29, 0.717) is 5.92 Å². The Balaban J connectivity index is 2.46. The number of nitrogens with one attached hydrogen (secondary N) is 1. The maximum atomic E-state index is 5.76. The monoisotopic (exact) mass is 253 g/mol. The number of alkyl halides is 1. The van der Waals surface area contributed by atoms with Crippen LogP contribution in [-0.2, 0) is 12.0 Å². The smallest absolute Gasteiger partial charge is 0.0261 e. The van der Waals surface area contributed by atoms with E-state index in [1.165, 1.54) is 11.1 Å². The van der Waals surface area contributed by atoms with Crippen LogP contribution < -0.4 is 5.32 Å². The van der Waals surface area contributed by atoms with E-state index in [4.69, 9.17) is 11.6 Å². The zero-order valence-electron chi connectivity index (χ0n) is 11.4. The van der Waals surface area contributed by atoms with Crippen molar-refractivity contribution >= 4 is 11.6 Å². The minimum atomic E-state index is 0.235. The molecule has 1 aromatic rings. The van der Waals surface area contributed by atoms with Gasteiger partial charge in [0.05, 0.1) is 0 Å². The number of benzene rings is 1. The third-order valence-corrected chi connectivity index (χ3v) is 3.43. The van der Waals surface area contributed by atoms with Gasteiger partial charge in [-0.2, -0.15) is 0 Å².